The minimum Gasteiger partial charge on any atom is -0.298 e. The van der Waals surface area contributed by atoms with Crippen LogP contribution in [0.4, 0.5) is 0 Å². The van der Waals surface area contributed by atoms with Crippen molar-refractivity contribution in [3.8, 4) is 0 Å². The fraction of sp³-hybridized carbons (Fsp3) is 0.533. The highest BCUT2D eigenvalue weighted by atomic mass is 17.0. The number of carbonyl (C=O) groups excluding carboxylic acids is 3. The Morgan fingerprint density at radius 1 is 0.905 bits per heavy atom. The van der Waals surface area contributed by atoms with Gasteiger partial charge in [-0.1, -0.05) is 39.3 Å². The molecule has 0 bridgehead atoms. The minimum atomic E-state index is -0.841. The number of hydrogen-bond donors (Lipinski definition) is 0. The Morgan fingerprint density at radius 3 is 1.76 bits per heavy atom. The maximum Gasteiger partial charge on any atom is 0.362 e. The van der Waals surface area contributed by atoms with Crippen LogP contribution in [0.3, 0.4) is 0 Å². The van der Waals surface area contributed by atoms with Crippen molar-refractivity contribution < 1.29 is 24.1 Å². The fourth-order valence-corrected chi connectivity index (χ4v) is 1.22. The normalized spacial score (nSPS) is 9.67. The van der Waals surface area contributed by atoms with Crippen molar-refractivity contribution in [2.75, 3.05) is 0 Å². The largest absolute Gasteiger partial charge is 0.362 e. The molecule has 0 saturated heterocycles. The SMILES string of the molecule is C=C(C)C(=O)ON(OC(=O)C(=C)C)C(=O)CCCCCC. The van der Waals surface area contributed by atoms with Crippen LogP contribution < -0.4 is 0 Å². The molecule has 6 heteroatoms. The summed E-state index contributed by atoms with van der Waals surface area (Å²) in [6, 6.07) is 0. The quantitative estimate of drug-likeness (QED) is 0.410. The van der Waals surface area contributed by atoms with Crippen LogP contribution in [0.1, 0.15) is 52.9 Å². The maximum atomic E-state index is 11.9. The maximum absolute atomic E-state index is 11.9. The van der Waals surface area contributed by atoms with E-state index in [9.17, 15) is 14.4 Å². The van der Waals surface area contributed by atoms with Crippen molar-refractivity contribution in [3.63, 3.8) is 0 Å². The molecule has 0 radical (unpaired) electrons. The van der Waals surface area contributed by atoms with Gasteiger partial charge in [0.05, 0.1) is 0 Å². The monoisotopic (exact) mass is 297 g/mol. The number of amides is 1. The Balaban J connectivity index is 4.66. The Morgan fingerprint density at radius 2 is 1.38 bits per heavy atom. The van der Waals surface area contributed by atoms with Crippen LogP contribution in [0.2, 0.25) is 0 Å². The molecule has 0 atom stereocenters. The lowest BCUT2D eigenvalue weighted by molar-refractivity contribution is -0.302. The third-order valence-corrected chi connectivity index (χ3v) is 2.48. The average molecular weight is 297 g/mol. The smallest absolute Gasteiger partial charge is 0.298 e. The van der Waals surface area contributed by atoms with E-state index in [0.29, 0.717) is 11.6 Å². The second-order valence-corrected chi connectivity index (χ2v) is 4.78. The van der Waals surface area contributed by atoms with Gasteiger partial charge in [0.2, 0.25) is 0 Å². The molecule has 21 heavy (non-hydrogen) atoms. The number of nitrogens with zero attached hydrogens (tertiary/aromatic N) is 1. The highest BCUT2D eigenvalue weighted by Crippen LogP contribution is 2.09. The fourth-order valence-electron chi connectivity index (χ4n) is 1.22. The van der Waals surface area contributed by atoms with Crippen LogP contribution in [-0.4, -0.2) is 23.1 Å². The summed E-state index contributed by atoms with van der Waals surface area (Å²) in [7, 11) is 0. The van der Waals surface area contributed by atoms with Gasteiger partial charge in [-0.05, 0) is 20.3 Å². The number of rotatable bonds is 7. The number of unbranched alkanes of at least 4 members (excludes halogenated alkanes) is 3. The molecule has 0 aromatic carbocycles. The van der Waals surface area contributed by atoms with Crippen LogP contribution in [0.5, 0.6) is 0 Å². The van der Waals surface area contributed by atoms with Crippen LogP contribution in [-0.2, 0) is 24.1 Å². The Kier molecular flexibility index (Phi) is 8.76. The molecule has 0 aromatic rings. The van der Waals surface area contributed by atoms with E-state index in [4.69, 9.17) is 9.68 Å². The summed E-state index contributed by atoms with van der Waals surface area (Å²) in [4.78, 5) is 44.3. The summed E-state index contributed by atoms with van der Waals surface area (Å²) in [6.45, 7) is 11.7. The molecule has 0 unspecified atom stereocenters. The average Bonchev–Trinajstić information content (AvgIpc) is 2.42. The lowest BCUT2D eigenvalue weighted by Crippen LogP contribution is -2.36. The van der Waals surface area contributed by atoms with Crippen molar-refractivity contribution in [2.24, 2.45) is 0 Å². The number of hydrogen-bond acceptors (Lipinski definition) is 5. The Labute approximate surface area is 125 Å². The molecule has 118 valence electrons. The molecular formula is C15H23NO5. The molecule has 0 fully saturated rings. The third kappa shape index (κ3) is 7.91. The van der Waals surface area contributed by atoms with Gasteiger partial charge < -0.3 is 0 Å². The van der Waals surface area contributed by atoms with E-state index < -0.39 is 17.8 Å². The van der Waals surface area contributed by atoms with Gasteiger partial charge in [-0.15, -0.1) is 0 Å². The number of hydroxylamine groups is 2. The van der Waals surface area contributed by atoms with Gasteiger partial charge in [0, 0.05) is 22.8 Å². The zero-order chi connectivity index (χ0) is 16.4. The number of carbonyl (C=O) groups is 3. The summed E-state index contributed by atoms with van der Waals surface area (Å²) >= 11 is 0. The van der Waals surface area contributed by atoms with Crippen LogP contribution in [0.15, 0.2) is 24.3 Å². The lowest BCUT2D eigenvalue weighted by atomic mass is 10.1. The summed E-state index contributed by atoms with van der Waals surface area (Å²) in [5.41, 5.74) is 0.176. The first-order valence-electron chi connectivity index (χ1n) is 6.88. The molecule has 6 nitrogen and oxygen atoms in total. The molecule has 0 heterocycles. The molecule has 0 aliphatic carbocycles. The highest BCUT2D eigenvalue weighted by molar-refractivity contribution is 5.90. The second kappa shape index (κ2) is 9.74. The van der Waals surface area contributed by atoms with Gasteiger partial charge >= 0.3 is 11.9 Å². The molecule has 0 N–H and O–H groups in total. The predicted molar refractivity (Wildman–Crippen MR) is 77.4 cm³/mol. The highest BCUT2D eigenvalue weighted by Gasteiger charge is 2.24. The van der Waals surface area contributed by atoms with Crippen molar-refractivity contribution in [1.29, 1.82) is 0 Å². The van der Waals surface area contributed by atoms with Gasteiger partial charge in [-0.25, -0.2) is 9.59 Å². The van der Waals surface area contributed by atoms with E-state index in [2.05, 4.69) is 20.1 Å². The lowest BCUT2D eigenvalue weighted by Gasteiger charge is -2.19. The van der Waals surface area contributed by atoms with Crippen LogP contribution in [0, 0.1) is 0 Å². The summed E-state index contributed by atoms with van der Waals surface area (Å²) in [6.07, 6.45) is 3.65. The molecule has 0 saturated carbocycles. The second-order valence-electron chi connectivity index (χ2n) is 4.78. The van der Waals surface area contributed by atoms with E-state index in [1.165, 1.54) is 13.8 Å². The first kappa shape index (κ1) is 18.9. The molecule has 0 aliphatic heterocycles. The van der Waals surface area contributed by atoms with Crippen molar-refractivity contribution in [1.82, 2.24) is 5.23 Å². The zero-order valence-electron chi connectivity index (χ0n) is 12.9. The Bertz CT molecular complexity index is 400. The molecular weight excluding hydrogens is 274 g/mol. The Hall–Kier alpha value is -2.11. The molecule has 1 amide bonds. The molecule has 0 rings (SSSR count). The molecule has 0 aliphatic rings. The summed E-state index contributed by atoms with van der Waals surface area (Å²) < 4.78 is 0. The van der Waals surface area contributed by atoms with E-state index in [0.717, 1.165) is 19.3 Å². The summed E-state index contributed by atoms with van der Waals surface area (Å²) in [5.74, 6) is -2.28. The van der Waals surface area contributed by atoms with E-state index >= 15 is 0 Å². The van der Waals surface area contributed by atoms with Crippen molar-refractivity contribution in [2.45, 2.75) is 52.9 Å². The van der Waals surface area contributed by atoms with Gasteiger partial charge in [-0.3, -0.25) is 14.5 Å². The first-order valence-corrected chi connectivity index (χ1v) is 6.88. The zero-order valence-corrected chi connectivity index (χ0v) is 12.9. The van der Waals surface area contributed by atoms with Gasteiger partial charge in [-0.2, -0.15) is 0 Å². The van der Waals surface area contributed by atoms with Crippen LogP contribution >= 0.6 is 0 Å². The van der Waals surface area contributed by atoms with Gasteiger partial charge in [0.1, 0.15) is 0 Å². The van der Waals surface area contributed by atoms with Crippen molar-refractivity contribution >= 4 is 17.8 Å². The van der Waals surface area contributed by atoms with Gasteiger partial charge in [0.25, 0.3) is 5.91 Å². The van der Waals surface area contributed by atoms with Crippen molar-refractivity contribution in [3.05, 3.63) is 24.3 Å². The first-order chi connectivity index (χ1) is 9.79. The summed E-state index contributed by atoms with van der Waals surface area (Å²) in [5, 5.41) is 0.319. The standard InChI is InChI=1S/C15H23NO5/c1-6-7-8-9-10-13(17)16(20-14(18)11(2)3)21-15(19)12(4)5/h2,4,6-10H2,1,3,5H3. The molecule has 0 spiro atoms. The third-order valence-electron chi connectivity index (χ3n) is 2.48. The topological polar surface area (TPSA) is 72.9 Å². The minimum absolute atomic E-state index is 0.0881. The van der Waals surface area contributed by atoms with Gasteiger partial charge in [0.15, 0.2) is 0 Å². The van der Waals surface area contributed by atoms with E-state index in [1.54, 1.807) is 0 Å². The van der Waals surface area contributed by atoms with E-state index in [-0.39, 0.29) is 17.6 Å². The predicted octanol–water partition coefficient (Wildman–Crippen LogP) is 2.85. The molecule has 0 aromatic heterocycles. The van der Waals surface area contributed by atoms with E-state index in [1.807, 2.05) is 0 Å². The van der Waals surface area contributed by atoms with Crippen LogP contribution in [0.25, 0.3) is 0 Å².